The van der Waals surface area contributed by atoms with E-state index in [1.54, 1.807) is 11.0 Å². The highest BCUT2D eigenvalue weighted by Crippen LogP contribution is 2.25. The molecule has 0 radical (unpaired) electrons. The number of nitrogens with zero attached hydrogens (tertiary/aromatic N) is 4. The van der Waals surface area contributed by atoms with Gasteiger partial charge >= 0.3 is 0 Å². The number of ether oxygens (including phenoxy) is 1. The molecule has 0 unspecified atom stereocenters. The summed E-state index contributed by atoms with van der Waals surface area (Å²) < 4.78 is 30.6. The molecule has 0 spiro atoms. The predicted octanol–water partition coefficient (Wildman–Crippen LogP) is -0.791. The van der Waals surface area contributed by atoms with Crippen LogP contribution in [-0.4, -0.2) is 78.9 Å². The Bertz CT molecular complexity index is 651. The van der Waals surface area contributed by atoms with Crippen LogP contribution in [0.3, 0.4) is 0 Å². The van der Waals surface area contributed by atoms with Gasteiger partial charge in [0.2, 0.25) is 10.0 Å². The van der Waals surface area contributed by atoms with Crippen molar-refractivity contribution >= 4 is 15.9 Å². The Morgan fingerprint density at radius 2 is 2.14 bits per heavy atom. The number of sulfonamides is 1. The first-order valence-corrected chi connectivity index (χ1v) is 8.92. The van der Waals surface area contributed by atoms with E-state index in [-0.39, 0.29) is 17.9 Å². The van der Waals surface area contributed by atoms with E-state index < -0.39 is 10.0 Å². The highest BCUT2D eigenvalue weighted by Gasteiger charge is 2.40. The molecule has 0 saturated carbocycles. The van der Waals surface area contributed by atoms with Crippen LogP contribution >= 0.6 is 0 Å². The molecule has 120 valence electrons. The van der Waals surface area contributed by atoms with Gasteiger partial charge in [0, 0.05) is 32.1 Å². The summed E-state index contributed by atoms with van der Waals surface area (Å²) in [6.07, 6.45) is 3.99. The van der Waals surface area contributed by atoms with Crippen molar-refractivity contribution in [1.29, 1.82) is 0 Å². The minimum absolute atomic E-state index is 0.00373. The first-order chi connectivity index (χ1) is 10.4. The highest BCUT2D eigenvalue weighted by atomic mass is 32.2. The number of hydrogen-bond donors (Lipinski definition) is 0. The van der Waals surface area contributed by atoms with Gasteiger partial charge in [0.25, 0.3) is 5.91 Å². The molecule has 0 bridgehead atoms. The van der Waals surface area contributed by atoms with Gasteiger partial charge in [-0.3, -0.25) is 4.79 Å². The number of aromatic nitrogens is 2. The summed E-state index contributed by atoms with van der Waals surface area (Å²) in [5.41, 5.74) is 0.478. The summed E-state index contributed by atoms with van der Waals surface area (Å²) in [4.78, 5) is 14.1. The van der Waals surface area contributed by atoms with Gasteiger partial charge in [0.1, 0.15) is 0 Å². The molecular weight excluding hydrogens is 308 g/mol. The quantitative estimate of drug-likeness (QED) is 0.707. The van der Waals surface area contributed by atoms with Gasteiger partial charge in [-0.15, -0.1) is 0 Å². The number of carbonyl (C=O) groups is 1. The summed E-state index contributed by atoms with van der Waals surface area (Å²) in [5, 5.41) is 7.37. The normalized spacial score (nSPS) is 26.5. The number of carbonyl (C=O) groups excluding carboxylic acids is 1. The molecule has 1 amide bonds. The summed E-state index contributed by atoms with van der Waals surface area (Å²) >= 11 is 0. The van der Waals surface area contributed by atoms with Crippen LogP contribution in [0.25, 0.3) is 0 Å². The largest absolute Gasteiger partial charge is 0.375 e. The van der Waals surface area contributed by atoms with Crippen molar-refractivity contribution in [2.75, 3.05) is 39.0 Å². The van der Waals surface area contributed by atoms with Gasteiger partial charge in [-0.25, -0.2) is 8.42 Å². The van der Waals surface area contributed by atoms with Crippen LogP contribution in [0.5, 0.6) is 0 Å². The van der Waals surface area contributed by atoms with Crippen molar-refractivity contribution < 1.29 is 17.9 Å². The standard InChI is InChI=1S/C13H18N4O4S/c1-22(19,20)17-4-5-21-12-9-16(7-11(12)8-17)13(18)10-2-3-14-15-6-10/h2-3,6,11-12H,4-5,7-9H2,1H3/t11-,12-/m1/s1. The SMILES string of the molecule is CS(=O)(=O)N1CCO[C@@H]2CN(C(=O)c3ccnnc3)C[C@@H]2C1. The van der Waals surface area contributed by atoms with Gasteiger partial charge in [-0.05, 0) is 6.07 Å². The van der Waals surface area contributed by atoms with Gasteiger partial charge in [0.05, 0.1) is 36.9 Å². The van der Waals surface area contributed by atoms with E-state index in [9.17, 15) is 13.2 Å². The van der Waals surface area contributed by atoms with Crippen molar-refractivity contribution in [3.05, 3.63) is 24.0 Å². The van der Waals surface area contributed by atoms with Crippen molar-refractivity contribution in [2.45, 2.75) is 6.10 Å². The lowest BCUT2D eigenvalue weighted by molar-refractivity contribution is 0.0491. The van der Waals surface area contributed by atoms with Crippen LogP contribution in [0.2, 0.25) is 0 Å². The van der Waals surface area contributed by atoms with Gasteiger partial charge in [-0.1, -0.05) is 0 Å². The monoisotopic (exact) mass is 326 g/mol. The lowest BCUT2D eigenvalue weighted by Crippen LogP contribution is -2.37. The summed E-state index contributed by atoms with van der Waals surface area (Å²) in [6, 6.07) is 1.62. The topological polar surface area (TPSA) is 92.7 Å². The molecule has 2 fully saturated rings. The molecule has 1 aromatic heterocycles. The van der Waals surface area contributed by atoms with E-state index in [0.29, 0.717) is 38.3 Å². The van der Waals surface area contributed by atoms with Crippen molar-refractivity contribution in [3.8, 4) is 0 Å². The molecule has 0 aliphatic carbocycles. The van der Waals surface area contributed by atoms with Crippen molar-refractivity contribution in [3.63, 3.8) is 0 Å². The van der Waals surface area contributed by atoms with E-state index in [2.05, 4.69) is 10.2 Å². The summed E-state index contributed by atoms with van der Waals surface area (Å²) in [6.45, 7) is 2.07. The Morgan fingerprint density at radius 1 is 1.32 bits per heavy atom. The second-order valence-corrected chi connectivity index (χ2v) is 7.61. The molecule has 1 aromatic rings. The molecule has 8 nitrogen and oxygen atoms in total. The average molecular weight is 326 g/mol. The predicted molar refractivity (Wildman–Crippen MR) is 77.6 cm³/mol. The fourth-order valence-electron chi connectivity index (χ4n) is 2.93. The molecule has 3 heterocycles. The first kappa shape index (κ1) is 15.3. The molecule has 2 atom stereocenters. The fraction of sp³-hybridized carbons (Fsp3) is 0.615. The van der Waals surface area contributed by atoms with Crippen molar-refractivity contribution in [2.24, 2.45) is 5.92 Å². The molecule has 2 aliphatic heterocycles. The smallest absolute Gasteiger partial charge is 0.255 e. The van der Waals surface area contributed by atoms with Crippen LogP contribution in [0.4, 0.5) is 0 Å². The van der Waals surface area contributed by atoms with Gasteiger partial charge in [-0.2, -0.15) is 14.5 Å². The molecule has 0 aromatic carbocycles. The van der Waals surface area contributed by atoms with Crippen LogP contribution in [0, 0.1) is 5.92 Å². The minimum atomic E-state index is -3.25. The molecule has 9 heteroatoms. The number of fused-ring (bicyclic) bond motifs is 1. The zero-order chi connectivity index (χ0) is 15.7. The van der Waals surface area contributed by atoms with Crippen LogP contribution < -0.4 is 0 Å². The molecule has 0 N–H and O–H groups in total. The third-order valence-electron chi connectivity index (χ3n) is 4.08. The maximum atomic E-state index is 12.4. The maximum Gasteiger partial charge on any atom is 0.255 e. The number of likely N-dealkylation sites (tertiary alicyclic amines) is 1. The van der Waals surface area contributed by atoms with E-state index >= 15 is 0 Å². The lowest BCUT2D eigenvalue weighted by atomic mass is 10.1. The molecular formula is C13H18N4O4S. The summed E-state index contributed by atoms with van der Waals surface area (Å²) in [7, 11) is -3.25. The van der Waals surface area contributed by atoms with E-state index in [1.807, 2.05) is 0 Å². The lowest BCUT2D eigenvalue weighted by Gasteiger charge is -2.21. The van der Waals surface area contributed by atoms with Crippen LogP contribution in [-0.2, 0) is 14.8 Å². The highest BCUT2D eigenvalue weighted by molar-refractivity contribution is 7.88. The zero-order valence-corrected chi connectivity index (χ0v) is 13.1. The number of amides is 1. The fourth-order valence-corrected chi connectivity index (χ4v) is 3.80. The van der Waals surface area contributed by atoms with E-state index in [1.165, 1.54) is 23.0 Å². The second-order valence-electron chi connectivity index (χ2n) is 5.63. The third kappa shape index (κ3) is 3.11. The first-order valence-electron chi connectivity index (χ1n) is 7.08. The molecule has 2 aliphatic rings. The maximum absolute atomic E-state index is 12.4. The van der Waals surface area contributed by atoms with Crippen LogP contribution in [0.15, 0.2) is 18.5 Å². The van der Waals surface area contributed by atoms with E-state index in [4.69, 9.17) is 4.74 Å². The Balaban J connectivity index is 1.72. The number of rotatable bonds is 2. The van der Waals surface area contributed by atoms with Gasteiger partial charge in [0.15, 0.2) is 0 Å². The second kappa shape index (κ2) is 5.90. The Hall–Kier alpha value is -1.58. The summed E-state index contributed by atoms with van der Waals surface area (Å²) in [5.74, 6) is -0.131. The Labute approximate surface area is 129 Å². The minimum Gasteiger partial charge on any atom is -0.375 e. The third-order valence-corrected chi connectivity index (χ3v) is 5.35. The molecule has 3 rings (SSSR count). The van der Waals surface area contributed by atoms with E-state index in [0.717, 1.165) is 0 Å². The zero-order valence-electron chi connectivity index (χ0n) is 12.3. The Kier molecular flexibility index (Phi) is 4.11. The van der Waals surface area contributed by atoms with Crippen LogP contribution in [0.1, 0.15) is 10.4 Å². The van der Waals surface area contributed by atoms with Gasteiger partial charge < -0.3 is 9.64 Å². The number of hydrogen-bond acceptors (Lipinski definition) is 6. The van der Waals surface area contributed by atoms with Crippen molar-refractivity contribution in [1.82, 2.24) is 19.4 Å². The molecule has 22 heavy (non-hydrogen) atoms. The Morgan fingerprint density at radius 3 is 2.82 bits per heavy atom. The molecule has 2 saturated heterocycles. The average Bonchev–Trinajstić information content (AvgIpc) is 2.78.